The molecule has 0 aromatic carbocycles. The molecule has 0 spiro atoms. The van der Waals surface area contributed by atoms with Crippen LogP contribution in [0.5, 0.6) is 0 Å². The Bertz CT molecular complexity index is 448. The molecule has 6 heteroatoms. The number of amides is 1. The first-order valence-electron chi connectivity index (χ1n) is 8.24. The van der Waals surface area contributed by atoms with E-state index in [4.69, 9.17) is 14.0 Å². The minimum atomic E-state index is -1.89. The van der Waals surface area contributed by atoms with Gasteiger partial charge in [0.25, 0.3) is 0 Å². The zero-order valence-corrected chi connectivity index (χ0v) is 17.1. The van der Waals surface area contributed by atoms with E-state index in [1.807, 2.05) is 39.8 Å². The summed E-state index contributed by atoms with van der Waals surface area (Å²) < 4.78 is 11.7. The SMILES string of the molecule is C[C@@H]1C=C[C@H](CO[Si](C)(C)C(C)(C)C)N(C(=O)OC(C)(C)C)O1. The van der Waals surface area contributed by atoms with Crippen molar-refractivity contribution in [3.63, 3.8) is 0 Å². The fraction of sp³-hybridized carbons (Fsp3) is 0.824. The van der Waals surface area contributed by atoms with Crippen LogP contribution >= 0.6 is 0 Å². The van der Waals surface area contributed by atoms with E-state index in [2.05, 4.69) is 33.9 Å². The van der Waals surface area contributed by atoms with Crippen LogP contribution in [0.3, 0.4) is 0 Å². The van der Waals surface area contributed by atoms with Gasteiger partial charge in [0.1, 0.15) is 17.7 Å². The van der Waals surface area contributed by atoms with Gasteiger partial charge in [-0.15, -0.1) is 0 Å². The van der Waals surface area contributed by atoms with Gasteiger partial charge >= 0.3 is 6.09 Å². The maximum absolute atomic E-state index is 12.4. The van der Waals surface area contributed by atoms with Crippen molar-refractivity contribution in [2.75, 3.05) is 6.61 Å². The van der Waals surface area contributed by atoms with Gasteiger partial charge in [-0.3, -0.25) is 4.84 Å². The van der Waals surface area contributed by atoms with Crippen molar-refractivity contribution in [2.45, 2.75) is 84.3 Å². The van der Waals surface area contributed by atoms with Gasteiger partial charge in [-0.1, -0.05) is 32.9 Å². The average Bonchev–Trinajstić information content (AvgIpc) is 2.33. The molecule has 1 amide bonds. The summed E-state index contributed by atoms with van der Waals surface area (Å²) in [6, 6.07) is -0.268. The standard InChI is InChI=1S/C17H33NO4Si/c1-13-10-11-14(12-20-23(8,9)17(5,6)7)18(22-13)15(19)21-16(2,3)4/h10-11,13-14H,12H2,1-9H3/t13-,14-/m1/s1. The van der Waals surface area contributed by atoms with E-state index >= 15 is 0 Å². The number of hydrogen-bond acceptors (Lipinski definition) is 4. The minimum absolute atomic E-state index is 0.121. The van der Waals surface area contributed by atoms with Crippen LogP contribution < -0.4 is 0 Å². The second kappa shape index (κ2) is 6.95. The molecule has 23 heavy (non-hydrogen) atoms. The average molecular weight is 344 g/mol. The molecule has 1 rings (SSSR count). The lowest BCUT2D eigenvalue weighted by atomic mass is 10.2. The molecular formula is C17H33NO4Si. The summed E-state index contributed by atoms with van der Waals surface area (Å²) in [5.74, 6) is 0. The molecule has 0 fully saturated rings. The molecule has 2 atom stereocenters. The van der Waals surface area contributed by atoms with Crippen LogP contribution in [0, 0.1) is 0 Å². The summed E-state index contributed by atoms with van der Waals surface area (Å²) in [4.78, 5) is 18.1. The maximum atomic E-state index is 12.4. The van der Waals surface area contributed by atoms with E-state index in [0.29, 0.717) is 6.61 Å². The summed E-state index contributed by atoms with van der Waals surface area (Å²) in [6.45, 7) is 18.8. The second-order valence-corrected chi connectivity index (χ2v) is 13.4. The van der Waals surface area contributed by atoms with Crippen LogP contribution in [0.25, 0.3) is 0 Å². The van der Waals surface area contributed by atoms with Crippen molar-refractivity contribution in [2.24, 2.45) is 0 Å². The second-order valence-electron chi connectivity index (χ2n) is 8.64. The van der Waals surface area contributed by atoms with Crippen LogP contribution in [0.4, 0.5) is 4.79 Å². The molecule has 0 aromatic rings. The van der Waals surface area contributed by atoms with Crippen LogP contribution in [0.1, 0.15) is 48.5 Å². The van der Waals surface area contributed by atoms with Crippen LogP contribution in [-0.2, 0) is 14.0 Å². The number of nitrogens with zero attached hydrogens (tertiary/aromatic N) is 1. The Morgan fingerprint density at radius 1 is 1.17 bits per heavy atom. The van der Waals surface area contributed by atoms with Gasteiger partial charge in [-0.2, -0.15) is 5.06 Å². The highest BCUT2D eigenvalue weighted by Gasteiger charge is 2.39. The van der Waals surface area contributed by atoms with Crippen molar-refractivity contribution < 1.29 is 18.8 Å². The normalized spacial score (nSPS) is 23.1. The van der Waals surface area contributed by atoms with Crippen molar-refractivity contribution in [3.8, 4) is 0 Å². The van der Waals surface area contributed by atoms with Crippen LogP contribution in [0.15, 0.2) is 12.2 Å². The summed E-state index contributed by atoms with van der Waals surface area (Å²) in [5, 5.41) is 1.43. The van der Waals surface area contributed by atoms with Crippen molar-refractivity contribution in [1.82, 2.24) is 5.06 Å². The Morgan fingerprint density at radius 2 is 1.74 bits per heavy atom. The lowest BCUT2D eigenvalue weighted by Gasteiger charge is -2.40. The zero-order chi connectivity index (χ0) is 18.1. The van der Waals surface area contributed by atoms with E-state index in [1.54, 1.807) is 0 Å². The van der Waals surface area contributed by atoms with Gasteiger partial charge in [-0.25, -0.2) is 4.79 Å². The molecule has 0 radical (unpaired) electrons. The predicted octanol–water partition coefficient (Wildman–Crippen LogP) is 4.50. The zero-order valence-electron chi connectivity index (χ0n) is 16.1. The Morgan fingerprint density at radius 3 is 2.22 bits per heavy atom. The van der Waals surface area contributed by atoms with Gasteiger partial charge < -0.3 is 9.16 Å². The summed E-state index contributed by atoms with van der Waals surface area (Å²) in [6.07, 6.45) is 3.27. The van der Waals surface area contributed by atoms with E-state index in [-0.39, 0.29) is 17.2 Å². The maximum Gasteiger partial charge on any atom is 0.435 e. The fourth-order valence-corrected chi connectivity index (χ4v) is 2.79. The predicted molar refractivity (Wildman–Crippen MR) is 94.7 cm³/mol. The molecule has 0 N–H and O–H groups in total. The largest absolute Gasteiger partial charge is 0.442 e. The molecule has 0 aliphatic carbocycles. The molecule has 1 aliphatic heterocycles. The highest BCUT2D eigenvalue weighted by molar-refractivity contribution is 6.74. The number of ether oxygens (including phenoxy) is 1. The molecule has 5 nitrogen and oxygen atoms in total. The van der Waals surface area contributed by atoms with Crippen molar-refractivity contribution in [3.05, 3.63) is 12.2 Å². The van der Waals surface area contributed by atoms with E-state index in [9.17, 15) is 4.79 Å². The molecule has 0 unspecified atom stereocenters. The number of carbonyl (C=O) groups excluding carboxylic acids is 1. The summed E-state index contributed by atoms with van der Waals surface area (Å²) >= 11 is 0. The minimum Gasteiger partial charge on any atom is -0.442 e. The summed E-state index contributed by atoms with van der Waals surface area (Å²) in [7, 11) is -1.89. The van der Waals surface area contributed by atoms with Crippen molar-refractivity contribution >= 4 is 14.4 Å². The number of hydrogen-bond donors (Lipinski definition) is 0. The lowest BCUT2D eigenvalue weighted by Crippen LogP contribution is -2.50. The van der Waals surface area contributed by atoms with Gasteiger partial charge in [0.05, 0.1) is 6.61 Å². The Labute approximate surface area is 142 Å². The first-order chi connectivity index (χ1) is 10.2. The van der Waals surface area contributed by atoms with E-state index in [1.165, 1.54) is 5.06 Å². The summed E-state index contributed by atoms with van der Waals surface area (Å²) in [5.41, 5.74) is -0.560. The van der Waals surface area contributed by atoms with Crippen LogP contribution in [0.2, 0.25) is 18.1 Å². The Kier molecular flexibility index (Phi) is 6.10. The highest BCUT2D eigenvalue weighted by Crippen LogP contribution is 2.37. The lowest BCUT2D eigenvalue weighted by molar-refractivity contribution is -0.190. The topological polar surface area (TPSA) is 48.0 Å². The first kappa shape index (κ1) is 20.2. The fourth-order valence-electron chi connectivity index (χ4n) is 1.77. The third kappa shape index (κ3) is 5.93. The van der Waals surface area contributed by atoms with Crippen molar-refractivity contribution in [1.29, 1.82) is 0 Å². The van der Waals surface area contributed by atoms with Gasteiger partial charge in [0.15, 0.2) is 8.32 Å². The molecular weight excluding hydrogens is 310 g/mol. The molecule has 1 aliphatic rings. The highest BCUT2D eigenvalue weighted by atomic mass is 28.4. The molecule has 0 aromatic heterocycles. The Balaban J connectivity index is 2.81. The molecule has 1 heterocycles. The van der Waals surface area contributed by atoms with Gasteiger partial charge in [0.2, 0.25) is 0 Å². The number of hydroxylamine groups is 2. The monoisotopic (exact) mass is 343 g/mol. The first-order valence-corrected chi connectivity index (χ1v) is 11.1. The molecule has 0 saturated heterocycles. The van der Waals surface area contributed by atoms with Crippen LogP contribution in [-0.4, -0.2) is 43.8 Å². The Hall–Kier alpha value is -0.853. The van der Waals surface area contributed by atoms with Gasteiger partial charge in [0, 0.05) is 0 Å². The van der Waals surface area contributed by atoms with E-state index < -0.39 is 20.0 Å². The quantitative estimate of drug-likeness (QED) is 0.559. The van der Waals surface area contributed by atoms with Gasteiger partial charge in [-0.05, 0) is 45.8 Å². The molecule has 134 valence electrons. The molecule has 0 saturated carbocycles. The molecule has 0 bridgehead atoms. The third-order valence-corrected chi connectivity index (χ3v) is 8.68. The van der Waals surface area contributed by atoms with E-state index in [0.717, 1.165) is 0 Å². The number of carbonyl (C=O) groups is 1. The third-order valence-electron chi connectivity index (χ3n) is 4.18. The smallest absolute Gasteiger partial charge is 0.435 e. The number of rotatable bonds is 3.